The Morgan fingerprint density at radius 2 is 1.47 bits per heavy atom. The summed E-state index contributed by atoms with van der Waals surface area (Å²) < 4.78 is 0. The molecule has 0 saturated heterocycles. The Morgan fingerprint density at radius 3 is 1.82 bits per heavy atom. The zero-order valence-electron chi connectivity index (χ0n) is 11.3. The van der Waals surface area contributed by atoms with E-state index in [-0.39, 0.29) is 5.54 Å². The van der Waals surface area contributed by atoms with Crippen molar-refractivity contribution in [3.63, 3.8) is 0 Å². The highest BCUT2D eigenvalue weighted by Gasteiger charge is 2.55. The topological polar surface area (TPSA) is 27.0 Å². The lowest BCUT2D eigenvalue weighted by atomic mass is 9.48. The standard InChI is InChI=1S/C15H24N2/c1-15(9-16,17(2)3)14-12-5-10-4-11(7-12)8-13(14)6-10/h10-14H,4-8H2,1-3H3. The van der Waals surface area contributed by atoms with Gasteiger partial charge in [0.2, 0.25) is 0 Å². The fourth-order valence-corrected chi connectivity index (χ4v) is 5.32. The maximum atomic E-state index is 9.65. The lowest BCUT2D eigenvalue weighted by Gasteiger charge is -2.58. The molecule has 1 unspecified atom stereocenters. The molecule has 2 heteroatoms. The number of nitrogens with zero attached hydrogens (tertiary/aromatic N) is 2. The van der Waals surface area contributed by atoms with Gasteiger partial charge in [0.05, 0.1) is 6.07 Å². The van der Waals surface area contributed by atoms with E-state index in [2.05, 4.69) is 32.0 Å². The molecular formula is C15H24N2. The van der Waals surface area contributed by atoms with Gasteiger partial charge >= 0.3 is 0 Å². The molecule has 2 nitrogen and oxygen atoms in total. The first-order valence-corrected chi connectivity index (χ1v) is 7.13. The summed E-state index contributed by atoms with van der Waals surface area (Å²) in [4.78, 5) is 2.17. The zero-order valence-corrected chi connectivity index (χ0v) is 11.3. The summed E-state index contributed by atoms with van der Waals surface area (Å²) >= 11 is 0. The summed E-state index contributed by atoms with van der Waals surface area (Å²) in [6.45, 7) is 2.17. The van der Waals surface area contributed by atoms with Crippen LogP contribution in [0.25, 0.3) is 0 Å². The van der Waals surface area contributed by atoms with E-state index in [1.54, 1.807) is 0 Å². The Kier molecular flexibility index (Phi) is 2.52. The molecule has 17 heavy (non-hydrogen) atoms. The second-order valence-electron chi connectivity index (χ2n) is 7.11. The largest absolute Gasteiger partial charge is 0.292 e. The molecule has 0 radical (unpaired) electrons. The van der Waals surface area contributed by atoms with Crippen molar-refractivity contribution < 1.29 is 0 Å². The van der Waals surface area contributed by atoms with E-state index >= 15 is 0 Å². The summed E-state index contributed by atoms with van der Waals surface area (Å²) in [6.07, 6.45) is 7.11. The lowest BCUT2D eigenvalue weighted by Crippen LogP contribution is -2.58. The highest BCUT2D eigenvalue weighted by molar-refractivity contribution is 5.15. The Morgan fingerprint density at radius 1 is 1.00 bits per heavy atom. The van der Waals surface area contributed by atoms with Crippen LogP contribution in [0.2, 0.25) is 0 Å². The second-order valence-corrected chi connectivity index (χ2v) is 7.11. The van der Waals surface area contributed by atoms with Crippen molar-refractivity contribution in [1.29, 1.82) is 5.26 Å². The Bertz CT molecular complexity index is 326. The number of nitriles is 1. The third kappa shape index (κ3) is 1.55. The van der Waals surface area contributed by atoms with Crippen molar-refractivity contribution in [3.05, 3.63) is 0 Å². The van der Waals surface area contributed by atoms with Crippen molar-refractivity contribution in [1.82, 2.24) is 4.90 Å². The van der Waals surface area contributed by atoms with Crippen LogP contribution in [0.3, 0.4) is 0 Å². The van der Waals surface area contributed by atoms with Crippen molar-refractivity contribution >= 4 is 0 Å². The minimum atomic E-state index is -0.247. The van der Waals surface area contributed by atoms with Crippen molar-refractivity contribution in [2.24, 2.45) is 29.6 Å². The van der Waals surface area contributed by atoms with Crippen LogP contribution in [0.5, 0.6) is 0 Å². The molecule has 0 heterocycles. The van der Waals surface area contributed by atoms with E-state index in [9.17, 15) is 5.26 Å². The van der Waals surface area contributed by atoms with Crippen LogP contribution in [-0.2, 0) is 0 Å². The van der Waals surface area contributed by atoms with Gasteiger partial charge in [0.15, 0.2) is 0 Å². The van der Waals surface area contributed by atoms with Gasteiger partial charge in [0, 0.05) is 0 Å². The van der Waals surface area contributed by atoms with Gasteiger partial charge in [0.1, 0.15) is 5.54 Å². The minimum absolute atomic E-state index is 0.247. The van der Waals surface area contributed by atoms with E-state index in [0.29, 0.717) is 5.92 Å². The smallest absolute Gasteiger partial charge is 0.109 e. The third-order valence-electron chi connectivity index (χ3n) is 6.03. The van der Waals surface area contributed by atoms with E-state index in [4.69, 9.17) is 0 Å². The van der Waals surface area contributed by atoms with Crippen LogP contribution in [0.1, 0.15) is 39.0 Å². The van der Waals surface area contributed by atoms with E-state index in [1.807, 2.05) is 0 Å². The van der Waals surface area contributed by atoms with Gasteiger partial charge in [-0.2, -0.15) is 5.26 Å². The molecular weight excluding hydrogens is 208 g/mol. The molecule has 4 rings (SSSR count). The number of hydrogen-bond donors (Lipinski definition) is 0. The molecule has 0 aromatic carbocycles. The van der Waals surface area contributed by atoms with Crippen LogP contribution in [-0.4, -0.2) is 24.5 Å². The molecule has 1 atom stereocenters. The predicted molar refractivity (Wildman–Crippen MR) is 68.2 cm³/mol. The molecule has 0 aromatic rings. The van der Waals surface area contributed by atoms with E-state index in [0.717, 1.165) is 23.7 Å². The predicted octanol–water partition coefficient (Wildman–Crippen LogP) is 2.90. The third-order valence-corrected chi connectivity index (χ3v) is 6.03. The van der Waals surface area contributed by atoms with Gasteiger partial charge in [-0.3, -0.25) is 4.90 Å². The quantitative estimate of drug-likeness (QED) is 0.732. The van der Waals surface area contributed by atoms with Crippen molar-refractivity contribution in [3.8, 4) is 6.07 Å². The average molecular weight is 232 g/mol. The molecule has 0 amide bonds. The van der Waals surface area contributed by atoms with Crippen LogP contribution in [0.4, 0.5) is 0 Å². The molecule has 4 aliphatic rings. The Labute approximate surface area is 105 Å². The van der Waals surface area contributed by atoms with Gasteiger partial charge in [-0.1, -0.05) is 0 Å². The zero-order chi connectivity index (χ0) is 12.2. The van der Waals surface area contributed by atoms with E-state index in [1.165, 1.54) is 32.1 Å². The normalized spacial score (nSPS) is 46.9. The Hall–Kier alpha value is -0.550. The first-order valence-electron chi connectivity index (χ1n) is 7.13. The number of hydrogen-bond acceptors (Lipinski definition) is 2. The highest BCUT2D eigenvalue weighted by atomic mass is 15.1. The lowest BCUT2D eigenvalue weighted by molar-refractivity contribution is -0.0824. The monoisotopic (exact) mass is 232 g/mol. The highest BCUT2D eigenvalue weighted by Crippen LogP contribution is 2.59. The summed E-state index contributed by atoms with van der Waals surface area (Å²) in [7, 11) is 4.16. The molecule has 4 saturated carbocycles. The summed E-state index contributed by atoms with van der Waals surface area (Å²) in [5.74, 6) is 4.28. The molecule has 4 aliphatic carbocycles. The average Bonchev–Trinajstić information content (AvgIpc) is 2.26. The van der Waals surface area contributed by atoms with Crippen LogP contribution in [0.15, 0.2) is 0 Å². The fraction of sp³-hybridized carbons (Fsp3) is 0.933. The molecule has 0 aromatic heterocycles. The van der Waals surface area contributed by atoms with E-state index < -0.39 is 0 Å². The van der Waals surface area contributed by atoms with Gasteiger partial charge < -0.3 is 0 Å². The van der Waals surface area contributed by atoms with Crippen LogP contribution in [0, 0.1) is 40.9 Å². The maximum absolute atomic E-state index is 9.65. The van der Waals surface area contributed by atoms with Crippen LogP contribution < -0.4 is 0 Å². The maximum Gasteiger partial charge on any atom is 0.109 e. The number of rotatable bonds is 2. The minimum Gasteiger partial charge on any atom is -0.292 e. The van der Waals surface area contributed by atoms with Crippen molar-refractivity contribution in [2.45, 2.75) is 44.6 Å². The molecule has 0 spiro atoms. The van der Waals surface area contributed by atoms with Crippen molar-refractivity contribution in [2.75, 3.05) is 14.1 Å². The second kappa shape index (κ2) is 3.72. The molecule has 4 bridgehead atoms. The molecule has 94 valence electrons. The molecule has 0 N–H and O–H groups in total. The van der Waals surface area contributed by atoms with Gasteiger partial charge in [0.25, 0.3) is 0 Å². The fourth-order valence-electron chi connectivity index (χ4n) is 5.32. The van der Waals surface area contributed by atoms with Gasteiger partial charge in [-0.15, -0.1) is 0 Å². The molecule has 4 fully saturated rings. The first-order chi connectivity index (χ1) is 8.04. The summed E-state index contributed by atoms with van der Waals surface area (Å²) in [5, 5.41) is 9.65. The molecule has 0 aliphatic heterocycles. The summed E-state index contributed by atoms with van der Waals surface area (Å²) in [5.41, 5.74) is -0.247. The summed E-state index contributed by atoms with van der Waals surface area (Å²) in [6, 6.07) is 2.63. The van der Waals surface area contributed by atoms with Crippen LogP contribution >= 0.6 is 0 Å². The SMILES string of the molecule is CN(C)C(C)(C#N)C1C2CC3CC(C2)CC1C3. The Balaban J connectivity index is 1.91. The van der Waals surface area contributed by atoms with Gasteiger partial charge in [-0.25, -0.2) is 0 Å². The first kappa shape index (κ1) is 11.5. The van der Waals surface area contributed by atoms with Gasteiger partial charge in [-0.05, 0) is 82.7 Å².